The molecular formula is C5H11ClN4. The monoisotopic (exact) mass is 162 g/mol. The summed E-state index contributed by atoms with van der Waals surface area (Å²) in [5, 5.41) is 3.39. The highest BCUT2D eigenvalue weighted by molar-refractivity contribution is 5.85. The Bertz CT molecular complexity index is 139. The third-order valence-corrected chi connectivity index (χ3v) is 1.58. The summed E-state index contributed by atoms with van der Waals surface area (Å²) in [5.41, 5.74) is 13.5. The van der Waals surface area contributed by atoms with Crippen molar-refractivity contribution >= 4 is 12.4 Å². The van der Waals surface area contributed by atoms with Gasteiger partial charge in [0.05, 0.1) is 0 Å². The lowest BCUT2D eigenvalue weighted by Crippen LogP contribution is -2.25. The second-order valence-corrected chi connectivity index (χ2v) is 2.41. The van der Waals surface area contributed by atoms with Gasteiger partial charge in [-0.1, -0.05) is 5.11 Å². The molecule has 10 heavy (non-hydrogen) atoms. The van der Waals surface area contributed by atoms with Crippen LogP contribution in [-0.2, 0) is 0 Å². The highest BCUT2D eigenvalue weighted by Gasteiger charge is 2.27. The maximum absolute atomic E-state index is 7.92. The van der Waals surface area contributed by atoms with Crippen LogP contribution in [0.1, 0.15) is 12.8 Å². The minimum absolute atomic E-state index is 0. The highest BCUT2D eigenvalue weighted by Crippen LogP contribution is 2.31. The summed E-state index contributed by atoms with van der Waals surface area (Å²) in [6.07, 6.45) is 2.42. The van der Waals surface area contributed by atoms with Gasteiger partial charge < -0.3 is 5.73 Å². The molecule has 0 heterocycles. The van der Waals surface area contributed by atoms with Crippen molar-refractivity contribution in [2.75, 3.05) is 6.54 Å². The Balaban J connectivity index is 0.000000810. The number of halogens is 1. The number of nitrogens with zero attached hydrogens (tertiary/aromatic N) is 3. The Kier molecular flexibility index (Phi) is 4.19. The first-order valence-electron chi connectivity index (χ1n) is 3.11. The molecule has 1 fully saturated rings. The zero-order chi connectivity index (χ0) is 6.69. The summed E-state index contributed by atoms with van der Waals surface area (Å²) in [4.78, 5) is 2.63. The standard InChI is InChI=1S/C5H10N4.ClH/c6-5(3-8-9-7)4-1-2-4;/h4-5H,1-3,6H2;1H/t5-;/m0./s1. The summed E-state index contributed by atoms with van der Waals surface area (Å²) < 4.78 is 0. The molecule has 58 valence electrons. The van der Waals surface area contributed by atoms with Crippen molar-refractivity contribution in [3.8, 4) is 0 Å². The Morgan fingerprint density at radius 2 is 2.30 bits per heavy atom. The fourth-order valence-electron chi connectivity index (χ4n) is 0.804. The van der Waals surface area contributed by atoms with Crippen molar-refractivity contribution in [3.05, 3.63) is 10.4 Å². The number of nitrogens with two attached hydrogens (primary N) is 1. The van der Waals surface area contributed by atoms with Crippen molar-refractivity contribution in [2.45, 2.75) is 18.9 Å². The van der Waals surface area contributed by atoms with Crippen molar-refractivity contribution in [2.24, 2.45) is 16.8 Å². The van der Waals surface area contributed by atoms with Crippen molar-refractivity contribution in [1.82, 2.24) is 0 Å². The number of hydrogen-bond acceptors (Lipinski definition) is 2. The van der Waals surface area contributed by atoms with Gasteiger partial charge in [0.1, 0.15) is 0 Å². The molecule has 1 atom stereocenters. The van der Waals surface area contributed by atoms with E-state index in [2.05, 4.69) is 10.0 Å². The Morgan fingerprint density at radius 3 is 2.70 bits per heavy atom. The van der Waals surface area contributed by atoms with Crippen LogP contribution < -0.4 is 5.73 Å². The molecule has 0 unspecified atom stereocenters. The van der Waals surface area contributed by atoms with Gasteiger partial charge in [-0.3, -0.25) is 0 Å². The van der Waals surface area contributed by atoms with Gasteiger partial charge in [0.15, 0.2) is 0 Å². The second-order valence-electron chi connectivity index (χ2n) is 2.41. The lowest BCUT2D eigenvalue weighted by atomic mass is 10.2. The van der Waals surface area contributed by atoms with E-state index in [-0.39, 0.29) is 18.4 Å². The van der Waals surface area contributed by atoms with Gasteiger partial charge in [0, 0.05) is 17.5 Å². The van der Waals surface area contributed by atoms with Gasteiger partial charge in [-0.15, -0.1) is 12.4 Å². The van der Waals surface area contributed by atoms with Gasteiger partial charge in [-0.25, -0.2) is 0 Å². The molecule has 4 nitrogen and oxygen atoms in total. The molecule has 0 bridgehead atoms. The number of hydrogen-bond donors (Lipinski definition) is 1. The molecule has 0 spiro atoms. The fourth-order valence-corrected chi connectivity index (χ4v) is 0.804. The zero-order valence-electron chi connectivity index (χ0n) is 5.60. The maximum Gasteiger partial charge on any atom is 0.0412 e. The van der Waals surface area contributed by atoms with Crippen molar-refractivity contribution in [1.29, 1.82) is 0 Å². The molecule has 1 saturated carbocycles. The van der Waals surface area contributed by atoms with Crippen LogP contribution in [0, 0.1) is 5.92 Å². The molecule has 2 N–H and O–H groups in total. The van der Waals surface area contributed by atoms with E-state index in [1.807, 2.05) is 0 Å². The summed E-state index contributed by atoms with van der Waals surface area (Å²) in [6.45, 7) is 0.459. The normalized spacial score (nSPS) is 18.5. The van der Waals surface area contributed by atoms with E-state index in [0.29, 0.717) is 12.5 Å². The molecule has 0 aromatic carbocycles. The predicted molar refractivity (Wildman–Crippen MR) is 42.0 cm³/mol. The fraction of sp³-hybridized carbons (Fsp3) is 1.00. The van der Waals surface area contributed by atoms with E-state index < -0.39 is 0 Å². The topological polar surface area (TPSA) is 74.8 Å². The van der Waals surface area contributed by atoms with Crippen LogP contribution in [-0.4, -0.2) is 12.6 Å². The SMILES string of the molecule is Cl.[N-]=[N+]=NC[C@H](N)C1CC1. The Morgan fingerprint density at radius 1 is 1.70 bits per heavy atom. The molecule has 1 aliphatic carbocycles. The van der Waals surface area contributed by atoms with Gasteiger partial charge in [0.25, 0.3) is 0 Å². The molecular weight excluding hydrogens is 152 g/mol. The average molecular weight is 163 g/mol. The molecule has 1 aliphatic rings. The van der Waals surface area contributed by atoms with Crippen LogP contribution in [0.15, 0.2) is 5.11 Å². The average Bonchev–Trinajstić information content (AvgIpc) is 2.63. The Hall–Kier alpha value is -0.440. The van der Waals surface area contributed by atoms with Crippen LogP contribution >= 0.6 is 12.4 Å². The number of rotatable bonds is 3. The van der Waals surface area contributed by atoms with E-state index in [1.54, 1.807) is 0 Å². The van der Waals surface area contributed by atoms with Crippen molar-refractivity contribution < 1.29 is 0 Å². The van der Waals surface area contributed by atoms with Crippen LogP contribution in [0.3, 0.4) is 0 Å². The smallest absolute Gasteiger partial charge is 0.0412 e. The van der Waals surface area contributed by atoms with Gasteiger partial charge >= 0.3 is 0 Å². The molecule has 0 radical (unpaired) electrons. The molecule has 0 amide bonds. The lowest BCUT2D eigenvalue weighted by Gasteiger charge is -2.02. The van der Waals surface area contributed by atoms with E-state index in [0.717, 1.165) is 0 Å². The minimum atomic E-state index is 0. The van der Waals surface area contributed by atoms with Crippen LogP contribution in [0.5, 0.6) is 0 Å². The largest absolute Gasteiger partial charge is 0.327 e. The van der Waals surface area contributed by atoms with Gasteiger partial charge in [0.2, 0.25) is 0 Å². The van der Waals surface area contributed by atoms with Crippen LogP contribution in [0.4, 0.5) is 0 Å². The van der Waals surface area contributed by atoms with E-state index in [1.165, 1.54) is 12.8 Å². The summed E-state index contributed by atoms with van der Waals surface area (Å²) >= 11 is 0. The summed E-state index contributed by atoms with van der Waals surface area (Å²) in [5.74, 6) is 0.635. The highest BCUT2D eigenvalue weighted by atomic mass is 35.5. The number of azide groups is 1. The summed E-state index contributed by atoms with van der Waals surface area (Å²) in [7, 11) is 0. The molecule has 0 aromatic heterocycles. The van der Waals surface area contributed by atoms with Crippen LogP contribution in [0.2, 0.25) is 0 Å². The predicted octanol–water partition coefficient (Wildman–Crippen LogP) is 1.46. The third kappa shape index (κ3) is 2.92. The van der Waals surface area contributed by atoms with E-state index >= 15 is 0 Å². The molecule has 0 aromatic rings. The molecule has 0 aliphatic heterocycles. The van der Waals surface area contributed by atoms with E-state index in [9.17, 15) is 0 Å². The molecule has 5 heteroatoms. The van der Waals surface area contributed by atoms with Gasteiger partial charge in [-0.05, 0) is 24.3 Å². The first-order valence-corrected chi connectivity index (χ1v) is 3.11. The maximum atomic E-state index is 7.92. The molecule has 1 rings (SSSR count). The van der Waals surface area contributed by atoms with Crippen LogP contribution in [0.25, 0.3) is 10.4 Å². The zero-order valence-corrected chi connectivity index (χ0v) is 6.42. The second kappa shape index (κ2) is 4.39. The molecule has 0 saturated heterocycles. The Labute approximate surface area is 65.8 Å². The summed E-state index contributed by atoms with van der Waals surface area (Å²) in [6, 6.07) is 0.112. The van der Waals surface area contributed by atoms with Gasteiger partial charge in [-0.2, -0.15) is 0 Å². The van der Waals surface area contributed by atoms with Crippen molar-refractivity contribution in [3.63, 3.8) is 0 Å². The third-order valence-electron chi connectivity index (χ3n) is 1.58. The first-order chi connectivity index (χ1) is 4.34. The van der Waals surface area contributed by atoms with E-state index in [4.69, 9.17) is 11.3 Å². The first kappa shape index (κ1) is 9.56. The lowest BCUT2D eigenvalue weighted by molar-refractivity contribution is 0.603. The quantitative estimate of drug-likeness (QED) is 0.381. The minimum Gasteiger partial charge on any atom is -0.327 e.